The largest absolute Gasteiger partial charge is 0.494 e. The number of hydrogen-bond donors (Lipinski definition) is 0. The van der Waals surface area contributed by atoms with E-state index in [1.165, 1.54) is 11.8 Å². The van der Waals surface area contributed by atoms with Crippen molar-refractivity contribution >= 4 is 68.5 Å². The van der Waals surface area contributed by atoms with E-state index >= 15 is 0 Å². The van der Waals surface area contributed by atoms with Crippen LogP contribution in [0.15, 0.2) is 88.0 Å². The lowest BCUT2D eigenvalue weighted by atomic mass is 9.82. The fourth-order valence-corrected chi connectivity index (χ4v) is 7.88. The maximum Gasteiger partial charge on any atom is 0.259 e. The first-order chi connectivity index (χ1) is 18.2. The van der Waals surface area contributed by atoms with Gasteiger partial charge in [-0.25, -0.2) is 0 Å². The Morgan fingerprint density at radius 1 is 0.947 bits per heavy atom. The standard InChI is InChI=1S/C31H27NO3S3/c1-5-35-22-16-17-24-23(18-22)25(28(36)31(3,4)32(24)29(34)21-14-10-7-11-15-21)30-37-26(19(2)33)27(38-30)20-12-8-6-9-13-20/h6-18H,5H2,1-4H3. The van der Waals surface area contributed by atoms with E-state index in [-0.39, 0.29) is 11.7 Å². The number of thiocarbonyl (C=S) groups is 1. The predicted molar refractivity (Wildman–Crippen MR) is 164 cm³/mol. The molecule has 0 aliphatic carbocycles. The van der Waals surface area contributed by atoms with Gasteiger partial charge in [0.2, 0.25) is 0 Å². The molecule has 0 radical (unpaired) electrons. The first-order valence-electron chi connectivity index (χ1n) is 12.4. The van der Waals surface area contributed by atoms with E-state index in [0.29, 0.717) is 27.7 Å². The molecule has 0 N–H and O–H groups in total. The number of benzene rings is 3. The number of anilines is 1. The Labute approximate surface area is 237 Å². The van der Waals surface area contributed by atoms with Crippen LogP contribution in [0.2, 0.25) is 0 Å². The Morgan fingerprint density at radius 3 is 2.24 bits per heavy atom. The molecule has 2 aliphatic heterocycles. The van der Waals surface area contributed by atoms with E-state index in [9.17, 15) is 9.59 Å². The monoisotopic (exact) mass is 557 g/mol. The molecule has 0 spiro atoms. The first-order valence-corrected chi connectivity index (χ1v) is 14.4. The number of ether oxygens (including phenoxy) is 1. The summed E-state index contributed by atoms with van der Waals surface area (Å²) in [6, 6.07) is 25.0. The highest BCUT2D eigenvalue weighted by Gasteiger charge is 2.45. The van der Waals surface area contributed by atoms with Crippen molar-refractivity contribution in [2.75, 3.05) is 11.5 Å². The molecule has 0 unspecified atom stereocenters. The number of ketones is 1. The van der Waals surface area contributed by atoms with Crippen LogP contribution in [-0.4, -0.2) is 28.7 Å². The van der Waals surface area contributed by atoms with Gasteiger partial charge in [0.05, 0.1) is 31.8 Å². The van der Waals surface area contributed by atoms with Gasteiger partial charge in [0.1, 0.15) is 5.75 Å². The normalized spacial score (nSPS) is 18.4. The van der Waals surface area contributed by atoms with Crippen LogP contribution >= 0.6 is 35.7 Å². The van der Waals surface area contributed by atoms with Crippen LogP contribution in [-0.2, 0) is 4.79 Å². The second-order valence-electron chi connectivity index (χ2n) is 9.45. The minimum Gasteiger partial charge on any atom is -0.494 e. The molecule has 38 heavy (non-hydrogen) atoms. The molecule has 4 nitrogen and oxygen atoms in total. The molecule has 0 atom stereocenters. The number of carbonyl (C=O) groups excluding carboxylic acids is 2. The molecule has 2 heterocycles. The highest BCUT2D eigenvalue weighted by molar-refractivity contribution is 8.32. The number of carbonyl (C=O) groups is 2. The van der Waals surface area contributed by atoms with Crippen molar-refractivity contribution in [1.29, 1.82) is 0 Å². The van der Waals surface area contributed by atoms with Crippen molar-refractivity contribution in [2.24, 2.45) is 0 Å². The average molecular weight is 558 g/mol. The molecule has 3 aromatic rings. The average Bonchev–Trinajstić information content (AvgIpc) is 3.36. The number of Topliss-reactive ketones (excluding diaryl/α,β-unsaturated/α-hetero) is 1. The predicted octanol–water partition coefficient (Wildman–Crippen LogP) is 8.00. The number of rotatable bonds is 5. The summed E-state index contributed by atoms with van der Waals surface area (Å²) in [6.07, 6.45) is 0. The Balaban J connectivity index is 1.71. The Kier molecular flexibility index (Phi) is 7.36. The molecule has 0 saturated carbocycles. The summed E-state index contributed by atoms with van der Waals surface area (Å²) in [5, 5.41) is 0. The van der Waals surface area contributed by atoms with E-state index < -0.39 is 5.54 Å². The summed E-state index contributed by atoms with van der Waals surface area (Å²) in [5.74, 6) is 0.601. The van der Waals surface area contributed by atoms with Crippen molar-refractivity contribution in [1.82, 2.24) is 0 Å². The summed E-state index contributed by atoms with van der Waals surface area (Å²) in [4.78, 5) is 30.7. The summed E-state index contributed by atoms with van der Waals surface area (Å²) in [6.45, 7) is 8.03. The smallest absolute Gasteiger partial charge is 0.259 e. The van der Waals surface area contributed by atoms with Gasteiger partial charge >= 0.3 is 0 Å². The lowest BCUT2D eigenvalue weighted by Crippen LogP contribution is -2.55. The quantitative estimate of drug-likeness (QED) is 0.234. The van der Waals surface area contributed by atoms with Crippen LogP contribution in [0.4, 0.5) is 5.69 Å². The maximum atomic E-state index is 13.9. The molecule has 0 bridgehead atoms. The molecule has 0 aromatic heterocycles. The molecular weight excluding hydrogens is 531 g/mol. The lowest BCUT2D eigenvalue weighted by Gasteiger charge is -2.45. The zero-order valence-electron chi connectivity index (χ0n) is 21.6. The molecule has 0 fully saturated rings. The summed E-state index contributed by atoms with van der Waals surface area (Å²) in [5.41, 5.74) is 3.27. The van der Waals surface area contributed by atoms with Crippen molar-refractivity contribution in [3.63, 3.8) is 0 Å². The molecule has 5 rings (SSSR count). The van der Waals surface area contributed by atoms with E-state index in [1.807, 2.05) is 99.6 Å². The summed E-state index contributed by atoms with van der Waals surface area (Å²) < 4.78 is 6.79. The van der Waals surface area contributed by atoms with Gasteiger partial charge in [0.25, 0.3) is 5.91 Å². The van der Waals surface area contributed by atoms with Gasteiger partial charge in [-0.1, -0.05) is 84.3 Å². The van der Waals surface area contributed by atoms with Crippen LogP contribution in [0.1, 0.15) is 49.2 Å². The zero-order chi connectivity index (χ0) is 27.0. The zero-order valence-corrected chi connectivity index (χ0v) is 24.1. The second kappa shape index (κ2) is 10.6. The topological polar surface area (TPSA) is 46.6 Å². The van der Waals surface area contributed by atoms with E-state index in [1.54, 1.807) is 23.6 Å². The Morgan fingerprint density at radius 2 is 1.61 bits per heavy atom. The van der Waals surface area contributed by atoms with E-state index in [4.69, 9.17) is 17.0 Å². The van der Waals surface area contributed by atoms with Crippen molar-refractivity contribution in [3.05, 3.63) is 105 Å². The third-order valence-corrected chi connectivity index (χ3v) is 9.96. The van der Waals surface area contributed by atoms with Gasteiger partial charge in [-0.3, -0.25) is 14.5 Å². The van der Waals surface area contributed by atoms with Gasteiger partial charge < -0.3 is 4.74 Å². The number of allylic oxidation sites excluding steroid dienone is 1. The Bertz CT molecular complexity index is 1510. The number of amides is 1. The van der Waals surface area contributed by atoms with Gasteiger partial charge in [0.15, 0.2) is 5.78 Å². The number of nitrogens with zero attached hydrogens (tertiary/aromatic N) is 1. The summed E-state index contributed by atoms with van der Waals surface area (Å²) >= 11 is 9.20. The van der Waals surface area contributed by atoms with Crippen molar-refractivity contribution in [2.45, 2.75) is 33.2 Å². The van der Waals surface area contributed by atoms with Gasteiger partial charge in [0, 0.05) is 21.6 Å². The van der Waals surface area contributed by atoms with Crippen molar-refractivity contribution in [3.8, 4) is 5.75 Å². The number of hydrogen-bond acceptors (Lipinski definition) is 6. The third kappa shape index (κ3) is 4.64. The van der Waals surface area contributed by atoms with Crippen LogP contribution in [0.3, 0.4) is 0 Å². The highest BCUT2D eigenvalue weighted by Crippen LogP contribution is 2.58. The molecule has 2 aliphatic rings. The van der Waals surface area contributed by atoms with E-state index in [2.05, 4.69) is 0 Å². The number of fused-ring (bicyclic) bond motifs is 1. The second-order valence-corrected chi connectivity index (χ2v) is 12.2. The molecule has 1 amide bonds. The fraction of sp³-hybridized carbons (Fsp3) is 0.194. The van der Waals surface area contributed by atoms with Crippen LogP contribution in [0.25, 0.3) is 10.5 Å². The van der Waals surface area contributed by atoms with Crippen molar-refractivity contribution < 1.29 is 14.3 Å². The number of thioether (sulfide) groups is 2. The first kappa shape index (κ1) is 26.5. The van der Waals surface area contributed by atoms with Gasteiger partial charge in [-0.15, -0.1) is 0 Å². The molecule has 192 valence electrons. The molecule has 7 heteroatoms. The highest BCUT2D eigenvalue weighted by atomic mass is 32.2. The van der Waals surface area contributed by atoms with E-state index in [0.717, 1.165) is 31.5 Å². The van der Waals surface area contributed by atoms with Crippen LogP contribution < -0.4 is 9.64 Å². The molecular formula is C31H27NO3S3. The maximum absolute atomic E-state index is 13.9. The SMILES string of the molecule is CCOc1ccc2c(c1)C(=C1SC(C(C)=O)=C(c3ccccc3)S1)C(=S)C(C)(C)N2C(=O)c1ccccc1. The molecule has 3 aromatic carbocycles. The molecule has 0 saturated heterocycles. The van der Waals surface area contributed by atoms with Gasteiger partial charge in [-0.2, -0.15) is 0 Å². The fourth-order valence-electron chi connectivity index (χ4n) is 4.69. The minimum atomic E-state index is -0.794. The van der Waals surface area contributed by atoms with Crippen LogP contribution in [0.5, 0.6) is 5.75 Å². The summed E-state index contributed by atoms with van der Waals surface area (Å²) in [7, 11) is 0. The van der Waals surface area contributed by atoms with Crippen LogP contribution in [0, 0.1) is 0 Å². The third-order valence-electron chi connectivity index (χ3n) is 6.51. The van der Waals surface area contributed by atoms with Gasteiger partial charge in [-0.05, 0) is 63.6 Å². The lowest BCUT2D eigenvalue weighted by molar-refractivity contribution is -0.112. The Hall–Kier alpha value is -3.13. The minimum absolute atomic E-state index is 0.0158.